The molecule has 0 heterocycles. The Morgan fingerprint density at radius 2 is 1.10 bits per heavy atom. The fraction of sp³-hybridized carbons (Fsp3) is 0.893. The van der Waals surface area contributed by atoms with Gasteiger partial charge in [0.25, 0.3) is 0 Å². The summed E-state index contributed by atoms with van der Waals surface area (Å²) in [5.41, 5.74) is 3.87. The van der Waals surface area contributed by atoms with Crippen LogP contribution in [0.4, 0.5) is 9.59 Å². The number of rotatable bonds is 14. The molecule has 16 unspecified atom stereocenters. The third-order valence-corrected chi connectivity index (χ3v) is 20.7. The van der Waals surface area contributed by atoms with Crippen LogP contribution in [0.1, 0.15) is 204 Å². The van der Waals surface area contributed by atoms with Gasteiger partial charge in [-0.05, 0) is 183 Å². The maximum atomic E-state index is 12.9. The molecule has 0 radical (unpaired) electrons. The summed E-state index contributed by atoms with van der Waals surface area (Å²) < 4.78 is 22.3. The van der Waals surface area contributed by atoms with Crippen LogP contribution in [0.25, 0.3) is 0 Å². The first-order chi connectivity index (χ1) is 29.6. The van der Waals surface area contributed by atoms with Crippen LogP contribution in [0, 0.1) is 93.2 Å². The van der Waals surface area contributed by atoms with Crippen molar-refractivity contribution >= 4 is 12.3 Å². The summed E-state index contributed by atoms with van der Waals surface area (Å²) >= 11 is 0. The van der Waals surface area contributed by atoms with Crippen LogP contribution >= 0.6 is 0 Å². The minimum Gasteiger partial charge on any atom is -0.431 e. The van der Waals surface area contributed by atoms with Crippen molar-refractivity contribution in [1.29, 1.82) is 0 Å². The zero-order valence-electron chi connectivity index (χ0n) is 41.0. The maximum Gasteiger partial charge on any atom is 0.511 e. The summed E-state index contributed by atoms with van der Waals surface area (Å²) in [4.78, 5) is 25.8. The minimum absolute atomic E-state index is 0.193. The molecule has 8 aliphatic rings. The molecule has 6 nitrogen and oxygen atoms in total. The van der Waals surface area contributed by atoms with Gasteiger partial charge in [0.2, 0.25) is 6.79 Å². The van der Waals surface area contributed by atoms with E-state index in [1.165, 1.54) is 114 Å². The topological polar surface area (TPSA) is 71.1 Å². The zero-order valence-corrected chi connectivity index (χ0v) is 41.0. The van der Waals surface area contributed by atoms with Crippen molar-refractivity contribution in [2.45, 2.75) is 216 Å². The van der Waals surface area contributed by atoms with Crippen molar-refractivity contribution in [3.05, 3.63) is 23.3 Å². The average molecular weight is 859 g/mol. The Bertz CT molecular complexity index is 1630. The van der Waals surface area contributed by atoms with E-state index in [9.17, 15) is 9.59 Å². The lowest BCUT2D eigenvalue weighted by Crippen LogP contribution is -2.51. The summed E-state index contributed by atoms with van der Waals surface area (Å²) in [7, 11) is 0. The van der Waals surface area contributed by atoms with Crippen LogP contribution in [0.2, 0.25) is 0 Å². The molecular weight excluding hydrogens is 769 g/mol. The summed E-state index contributed by atoms with van der Waals surface area (Å²) in [6.45, 7) is 21.8. The second kappa shape index (κ2) is 19.1. The highest BCUT2D eigenvalue weighted by molar-refractivity contribution is 5.62. The summed E-state index contributed by atoms with van der Waals surface area (Å²) in [5, 5.41) is 0. The van der Waals surface area contributed by atoms with Crippen molar-refractivity contribution in [2.75, 3.05) is 6.79 Å². The average Bonchev–Trinajstić information content (AvgIpc) is 3.82. The Hall–Kier alpha value is -1.98. The number of carbonyl (C=O) groups excluding carboxylic acids is 2. The predicted octanol–water partition coefficient (Wildman–Crippen LogP) is 15.7. The SMILES string of the molecule is CC(C)CCCC(C)C1CCC2C1CCC1C2CC=C2CC(OC(=O)OCOC(=O)OC3CCC4(C)C(=CCC5C4CCC4(C)C(C(C)CCCC(C)C)CCC54)C3)CCC21C. The van der Waals surface area contributed by atoms with Crippen LogP contribution < -0.4 is 0 Å². The number of carbonyl (C=O) groups is 2. The number of fused-ring (bicyclic) bond motifs is 10. The Balaban J connectivity index is 0.760. The van der Waals surface area contributed by atoms with Crippen LogP contribution in [-0.2, 0) is 18.9 Å². The van der Waals surface area contributed by atoms with E-state index < -0.39 is 19.1 Å². The second-order valence-electron chi connectivity index (χ2n) is 24.8. The highest BCUT2D eigenvalue weighted by Crippen LogP contribution is 2.68. The number of allylic oxidation sites excluding steroid dienone is 2. The fourth-order valence-electron chi connectivity index (χ4n) is 17.4. The zero-order chi connectivity index (χ0) is 44.0. The van der Waals surface area contributed by atoms with E-state index in [4.69, 9.17) is 18.9 Å². The van der Waals surface area contributed by atoms with E-state index >= 15 is 0 Å². The molecule has 350 valence electrons. The van der Waals surface area contributed by atoms with Gasteiger partial charge in [0.1, 0.15) is 12.2 Å². The van der Waals surface area contributed by atoms with Crippen LogP contribution in [0.3, 0.4) is 0 Å². The van der Waals surface area contributed by atoms with Gasteiger partial charge >= 0.3 is 12.3 Å². The van der Waals surface area contributed by atoms with Gasteiger partial charge in [0.05, 0.1) is 0 Å². The van der Waals surface area contributed by atoms with Gasteiger partial charge in [-0.1, -0.05) is 124 Å². The maximum absolute atomic E-state index is 12.9. The quantitative estimate of drug-likeness (QED) is 0.0984. The number of ether oxygens (including phenoxy) is 4. The monoisotopic (exact) mass is 859 g/mol. The van der Waals surface area contributed by atoms with E-state index in [1.54, 1.807) is 0 Å². The van der Waals surface area contributed by atoms with Gasteiger partial charge in [0, 0.05) is 12.8 Å². The Morgan fingerprint density at radius 3 is 1.69 bits per heavy atom. The molecule has 0 aromatic rings. The molecule has 8 aliphatic carbocycles. The Morgan fingerprint density at radius 1 is 0.565 bits per heavy atom. The van der Waals surface area contributed by atoms with E-state index in [1.807, 2.05) is 0 Å². The van der Waals surface area contributed by atoms with E-state index in [0.29, 0.717) is 5.41 Å². The van der Waals surface area contributed by atoms with Crippen LogP contribution in [0.15, 0.2) is 23.3 Å². The van der Waals surface area contributed by atoms with E-state index in [0.717, 1.165) is 115 Å². The molecule has 6 saturated carbocycles. The minimum atomic E-state index is -0.757. The third kappa shape index (κ3) is 9.22. The van der Waals surface area contributed by atoms with Crippen molar-refractivity contribution in [3.8, 4) is 0 Å². The smallest absolute Gasteiger partial charge is 0.431 e. The van der Waals surface area contributed by atoms with Crippen molar-refractivity contribution in [3.63, 3.8) is 0 Å². The molecule has 6 heteroatoms. The molecule has 8 rings (SSSR count). The normalized spacial score (nSPS) is 41.9. The Labute approximate surface area is 378 Å². The second-order valence-corrected chi connectivity index (χ2v) is 24.8. The molecule has 0 bridgehead atoms. The molecule has 0 amide bonds. The van der Waals surface area contributed by atoms with Crippen molar-refractivity contribution in [1.82, 2.24) is 0 Å². The molecule has 0 N–H and O–H groups in total. The van der Waals surface area contributed by atoms with Crippen LogP contribution in [0.5, 0.6) is 0 Å². The van der Waals surface area contributed by atoms with Crippen molar-refractivity contribution in [2.24, 2.45) is 93.2 Å². The standard InChI is InChI=1S/C56H90O6/c1-35(2)12-10-14-37(5)43-20-21-45-44(43)22-23-49-46(45)18-16-39-32-41(26-29-54(39,49)7)61-52(57)59-34-60-53(58)62-42-27-30-55(8)40(33-42)17-19-47-50-25-24-48(38(6)15-11-13-36(3)4)56(50,9)31-28-51(47)55/h16-17,35-38,41-51H,10-15,18-34H2,1-9H3. The first-order valence-corrected chi connectivity index (χ1v) is 26.7. The molecule has 62 heavy (non-hydrogen) atoms. The van der Waals surface area contributed by atoms with Gasteiger partial charge in [0.15, 0.2) is 0 Å². The lowest BCUT2D eigenvalue weighted by molar-refractivity contribution is -0.0759. The van der Waals surface area contributed by atoms with Crippen molar-refractivity contribution < 1.29 is 28.5 Å². The van der Waals surface area contributed by atoms with Gasteiger partial charge in [-0.2, -0.15) is 0 Å². The predicted molar refractivity (Wildman–Crippen MR) is 249 cm³/mol. The fourth-order valence-corrected chi connectivity index (χ4v) is 17.4. The first-order valence-electron chi connectivity index (χ1n) is 26.7. The van der Waals surface area contributed by atoms with E-state index in [2.05, 4.69) is 74.5 Å². The van der Waals surface area contributed by atoms with Gasteiger partial charge in [-0.15, -0.1) is 0 Å². The van der Waals surface area contributed by atoms with Gasteiger partial charge in [-0.25, -0.2) is 9.59 Å². The third-order valence-electron chi connectivity index (χ3n) is 20.7. The molecule has 0 aromatic heterocycles. The number of hydrogen-bond donors (Lipinski definition) is 0. The van der Waals surface area contributed by atoms with Gasteiger partial charge < -0.3 is 18.9 Å². The summed E-state index contributed by atoms with van der Waals surface area (Å²) in [5.74, 6) is 10.8. The summed E-state index contributed by atoms with van der Waals surface area (Å²) in [6, 6.07) is 0. The molecule has 0 spiro atoms. The first kappa shape index (κ1) is 46.5. The molecule has 16 atom stereocenters. The summed E-state index contributed by atoms with van der Waals surface area (Å²) in [6.07, 6.45) is 30.4. The highest BCUT2D eigenvalue weighted by Gasteiger charge is 2.60. The molecule has 0 saturated heterocycles. The molecular formula is C56H90O6. The highest BCUT2D eigenvalue weighted by atomic mass is 16.8. The Kier molecular flexibility index (Phi) is 14.3. The van der Waals surface area contributed by atoms with Gasteiger partial charge in [-0.3, -0.25) is 0 Å². The number of hydrogen-bond acceptors (Lipinski definition) is 6. The molecule has 6 fully saturated rings. The largest absolute Gasteiger partial charge is 0.511 e. The molecule has 0 aromatic carbocycles. The lowest BCUT2D eigenvalue weighted by Gasteiger charge is -2.58. The molecule has 0 aliphatic heterocycles. The lowest BCUT2D eigenvalue weighted by atomic mass is 9.47. The van der Waals surface area contributed by atoms with E-state index in [-0.39, 0.29) is 23.0 Å². The van der Waals surface area contributed by atoms with Crippen LogP contribution in [-0.4, -0.2) is 31.3 Å².